The SMILES string of the molecule is CCCOC(=O)CC(C)c1nc(-c2ccc(O)cn2)no1. The average molecular weight is 291 g/mol. The second-order valence-electron chi connectivity index (χ2n) is 4.68. The van der Waals surface area contributed by atoms with E-state index in [-0.39, 0.29) is 24.1 Å². The minimum absolute atomic E-state index is 0.0644. The van der Waals surface area contributed by atoms with Gasteiger partial charge in [-0.25, -0.2) is 4.98 Å². The maximum Gasteiger partial charge on any atom is 0.306 e. The molecule has 0 spiro atoms. The van der Waals surface area contributed by atoms with Gasteiger partial charge in [-0.3, -0.25) is 4.79 Å². The van der Waals surface area contributed by atoms with E-state index in [1.807, 2.05) is 13.8 Å². The first kappa shape index (κ1) is 15.0. The molecule has 0 radical (unpaired) electrons. The average Bonchev–Trinajstić information content (AvgIpc) is 2.96. The molecule has 0 bridgehead atoms. The molecule has 0 fully saturated rings. The first-order chi connectivity index (χ1) is 10.1. The third kappa shape index (κ3) is 4.01. The lowest BCUT2D eigenvalue weighted by atomic mass is 10.1. The third-order valence-electron chi connectivity index (χ3n) is 2.78. The maximum atomic E-state index is 11.5. The van der Waals surface area contributed by atoms with Gasteiger partial charge in [-0.05, 0) is 18.6 Å². The number of aromatic hydroxyl groups is 1. The summed E-state index contributed by atoms with van der Waals surface area (Å²) in [4.78, 5) is 19.8. The minimum Gasteiger partial charge on any atom is -0.506 e. The van der Waals surface area contributed by atoms with Crippen molar-refractivity contribution in [1.82, 2.24) is 15.1 Å². The summed E-state index contributed by atoms with van der Waals surface area (Å²) in [5.74, 6) is 0.223. The molecule has 1 unspecified atom stereocenters. The molecule has 0 aromatic carbocycles. The number of carbonyl (C=O) groups is 1. The number of hydrogen-bond acceptors (Lipinski definition) is 7. The highest BCUT2D eigenvalue weighted by Gasteiger charge is 2.19. The summed E-state index contributed by atoms with van der Waals surface area (Å²) in [5.41, 5.74) is 0.489. The smallest absolute Gasteiger partial charge is 0.306 e. The van der Waals surface area contributed by atoms with Crippen LogP contribution in [0.2, 0.25) is 0 Å². The Morgan fingerprint density at radius 1 is 1.48 bits per heavy atom. The highest BCUT2D eigenvalue weighted by atomic mass is 16.5. The van der Waals surface area contributed by atoms with E-state index in [0.29, 0.717) is 24.0 Å². The Kier molecular flexibility index (Phi) is 4.86. The van der Waals surface area contributed by atoms with E-state index in [4.69, 9.17) is 9.26 Å². The largest absolute Gasteiger partial charge is 0.506 e. The van der Waals surface area contributed by atoms with Crippen molar-refractivity contribution in [3.05, 3.63) is 24.2 Å². The molecular weight excluding hydrogens is 274 g/mol. The lowest BCUT2D eigenvalue weighted by molar-refractivity contribution is -0.144. The molecule has 2 rings (SSSR count). The van der Waals surface area contributed by atoms with Crippen molar-refractivity contribution >= 4 is 5.97 Å². The van der Waals surface area contributed by atoms with Crippen molar-refractivity contribution in [1.29, 1.82) is 0 Å². The lowest BCUT2D eigenvalue weighted by Crippen LogP contribution is -2.09. The van der Waals surface area contributed by atoms with Crippen LogP contribution in [-0.2, 0) is 9.53 Å². The third-order valence-corrected chi connectivity index (χ3v) is 2.78. The van der Waals surface area contributed by atoms with E-state index in [2.05, 4.69) is 15.1 Å². The van der Waals surface area contributed by atoms with Crippen molar-refractivity contribution in [2.45, 2.75) is 32.6 Å². The van der Waals surface area contributed by atoms with Gasteiger partial charge < -0.3 is 14.4 Å². The second kappa shape index (κ2) is 6.83. The summed E-state index contributed by atoms with van der Waals surface area (Å²) >= 11 is 0. The van der Waals surface area contributed by atoms with Crippen molar-refractivity contribution < 1.29 is 19.2 Å². The topological polar surface area (TPSA) is 98.3 Å². The summed E-state index contributed by atoms with van der Waals surface area (Å²) in [5, 5.41) is 13.0. The monoisotopic (exact) mass is 291 g/mol. The summed E-state index contributed by atoms with van der Waals surface area (Å²) in [6.07, 6.45) is 2.28. The fraction of sp³-hybridized carbons (Fsp3) is 0.429. The number of aromatic nitrogens is 3. The van der Waals surface area contributed by atoms with E-state index in [9.17, 15) is 9.90 Å². The zero-order valence-electron chi connectivity index (χ0n) is 11.9. The van der Waals surface area contributed by atoms with Crippen LogP contribution in [0.1, 0.15) is 38.5 Å². The van der Waals surface area contributed by atoms with E-state index >= 15 is 0 Å². The van der Waals surface area contributed by atoms with Gasteiger partial charge in [0, 0.05) is 5.92 Å². The Morgan fingerprint density at radius 3 is 2.95 bits per heavy atom. The fourth-order valence-corrected chi connectivity index (χ4v) is 1.67. The molecular formula is C14H17N3O4. The van der Waals surface area contributed by atoms with Gasteiger partial charge in [-0.2, -0.15) is 4.98 Å². The Balaban J connectivity index is 2.02. The number of hydrogen-bond donors (Lipinski definition) is 1. The Hall–Kier alpha value is -2.44. The molecule has 0 saturated carbocycles. The second-order valence-corrected chi connectivity index (χ2v) is 4.68. The van der Waals surface area contributed by atoms with E-state index in [0.717, 1.165) is 6.42 Å². The summed E-state index contributed by atoms with van der Waals surface area (Å²) in [6, 6.07) is 3.08. The molecule has 0 amide bonds. The van der Waals surface area contributed by atoms with E-state index < -0.39 is 0 Å². The van der Waals surface area contributed by atoms with Crippen LogP contribution < -0.4 is 0 Å². The number of rotatable bonds is 6. The van der Waals surface area contributed by atoms with Gasteiger partial charge in [0.05, 0.1) is 19.2 Å². The summed E-state index contributed by atoms with van der Waals surface area (Å²) in [6.45, 7) is 4.17. The molecule has 0 aliphatic rings. The number of pyridine rings is 1. The van der Waals surface area contributed by atoms with Crippen molar-refractivity contribution in [2.75, 3.05) is 6.61 Å². The van der Waals surface area contributed by atoms with Crippen LogP contribution in [0.4, 0.5) is 0 Å². The normalized spacial score (nSPS) is 12.1. The van der Waals surface area contributed by atoms with Crippen LogP contribution in [-0.4, -0.2) is 32.8 Å². The van der Waals surface area contributed by atoms with E-state index in [1.54, 1.807) is 6.07 Å². The molecule has 21 heavy (non-hydrogen) atoms. The number of nitrogens with zero attached hydrogens (tertiary/aromatic N) is 3. The van der Waals surface area contributed by atoms with Crippen LogP contribution in [0.15, 0.2) is 22.9 Å². The van der Waals surface area contributed by atoms with Crippen LogP contribution in [0, 0.1) is 0 Å². The zero-order valence-corrected chi connectivity index (χ0v) is 11.9. The Bertz CT molecular complexity index is 595. The molecule has 0 saturated heterocycles. The lowest BCUT2D eigenvalue weighted by Gasteiger charge is -2.06. The molecule has 2 aromatic heterocycles. The van der Waals surface area contributed by atoms with Gasteiger partial charge >= 0.3 is 5.97 Å². The van der Waals surface area contributed by atoms with Crippen LogP contribution >= 0.6 is 0 Å². The van der Waals surface area contributed by atoms with Crippen LogP contribution in [0.5, 0.6) is 5.75 Å². The maximum absolute atomic E-state index is 11.5. The summed E-state index contributed by atoms with van der Waals surface area (Å²) < 4.78 is 10.2. The molecule has 1 N–H and O–H groups in total. The van der Waals surface area contributed by atoms with Crippen molar-refractivity contribution in [3.63, 3.8) is 0 Å². The number of ether oxygens (including phenoxy) is 1. The van der Waals surface area contributed by atoms with Gasteiger partial charge in [0.1, 0.15) is 11.4 Å². The van der Waals surface area contributed by atoms with Gasteiger partial charge in [0.15, 0.2) is 0 Å². The van der Waals surface area contributed by atoms with Gasteiger partial charge in [0.25, 0.3) is 0 Å². The first-order valence-electron chi connectivity index (χ1n) is 6.74. The molecule has 2 aromatic rings. The van der Waals surface area contributed by atoms with Gasteiger partial charge in [0.2, 0.25) is 11.7 Å². The molecule has 0 aliphatic carbocycles. The predicted octanol–water partition coefficient (Wildman–Crippen LogP) is 2.28. The van der Waals surface area contributed by atoms with Crippen molar-refractivity contribution in [3.8, 4) is 17.3 Å². The van der Waals surface area contributed by atoms with Crippen molar-refractivity contribution in [2.24, 2.45) is 0 Å². The van der Waals surface area contributed by atoms with Crippen LogP contribution in [0.3, 0.4) is 0 Å². The Labute approximate surface area is 122 Å². The first-order valence-corrected chi connectivity index (χ1v) is 6.74. The highest BCUT2D eigenvalue weighted by molar-refractivity contribution is 5.70. The Morgan fingerprint density at radius 2 is 2.29 bits per heavy atom. The minimum atomic E-state index is -0.285. The van der Waals surface area contributed by atoms with Gasteiger partial charge in [-0.15, -0.1) is 0 Å². The molecule has 7 nitrogen and oxygen atoms in total. The number of carbonyl (C=O) groups excluding carboxylic acids is 1. The van der Waals surface area contributed by atoms with E-state index in [1.165, 1.54) is 12.3 Å². The van der Waals surface area contributed by atoms with Gasteiger partial charge in [-0.1, -0.05) is 19.0 Å². The molecule has 7 heteroatoms. The number of esters is 1. The zero-order chi connectivity index (χ0) is 15.2. The van der Waals surface area contributed by atoms with Crippen LogP contribution in [0.25, 0.3) is 11.5 Å². The highest BCUT2D eigenvalue weighted by Crippen LogP contribution is 2.21. The molecule has 2 heterocycles. The summed E-state index contributed by atoms with van der Waals surface area (Å²) in [7, 11) is 0. The standard InChI is InChI=1S/C14H17N3O4/c1-3-6-20-12(19)7-9(2)14-16-13(17-21-14)11-5-4-10(18)8-15-11/h4-5,8-9,18H,3,6-7H2,1-2H3. The molecule has 1 atom stereocenters. The fourth-order valence-electron chi connectivity index (χ4n) is 1.67. The molecule has 112 valence electrons. The molecule has 0 aliphatic heterocycles. The predicted molar refractivity (Wildman–Crippen MR) is 73.5 cm³/mol. The quantitative estimate of drug-likeness (QED) is 0.815.